The van der Waals surface area contributed by atoms with E-state index in [1.54, 1.807) is 12.4 Å². The smallest absolute Gasteiger partial charge is 0.269 e. The van der Waals surface area contributed by atoms with E-state index in [9.17, 15) is 4.79 Å². The van der Waals surface area contributed by atoms with Crippen LogP contribution in [0.2, 0.25) is 0 Å². The maximum absolute atomic E-state index is 10.9. The van der Waals surface area contributed by atoms with Gasteiger partial charge in [-0.25, -0.2) is 5.10 Å². The summed E-state index contributed by atoms with van der Waals surface area (Å²) in [7, 11) is 0. The molecule has 1 aromatic rings. The number of aromatic amines is 1. The quantitative estimate of drug-likeness (QED) is 0.531. The Morgan fingerprint density at radius 2 is 2.50 bits per heavy atom. The lowest BCUT2D eigenvalue weighted by molar-refractivity contribution is 0.939. The van der Waals surface area contributed by atoms with Crippen LogP contribution in [-0.2, 0) is 6.54 Å². The molecule has 1 aliphatic rings. The van der Waals surface area contributed by atoms with E-state index in [1.165, 1.54) is 0 Å². The third-order valence-electron chi connectivity index (χ3n) is 1.47. The molecule has 0 aliphatic carbocycles. The lowest BCUT2D eigenvalue weighted by atomic mass is 10.2. The number of H-pyrrole nitrogens is 1. The van der Waals surface area contributed by atoms with E-state index in [1.807, 2.05) is 0 Å². The normalized spacial score (nSPS) is 13.6. The lowest BCUT2D eigenvalue weighted by Gasteiger charge is -1.90. The molecule has 0 bridgehead atoms. The fraction of sp³-hybridized carbons (Fsp3) is 0.167. The monoisotopic (exact) mass is 135 g/mol. The van der Waals surface area contributed by atoms with Gasteiger partial charge in [-0.05, 0) is 0 Å². The Hall–Kier alpha value is -1.45. The van der Waals surface area contributed by atoms with Crippen LogP contribution in [0.1, 0.15) is 11.1 Å². The Morgan fingerprint density at radius 1 is 1.60 bits per heavy atom. The van der Waals surface area contributed by atoms with Crippen LogP contribution in [0.3, 0.4) is 0 Å². The van der Waals surface area contributed by atoms with Gasteiger partial charge >= 0.3 is 0 Å². The van der Waals surface area contributed by atoms with E-state index in [-0.39, 0.29) is 5.56 Å². The first kappa shape index (κ1) is 5.34. The lowest BCUT2D eigenvalue weighted by Crippen LogP contribution is -2.13. The van der Waals surface area contributed by atoms with E-state index in [0.717, 1.165) is 11.1 Å². The molecule has 2 heterocycles. The number of hydrogen-bond donors (Lipinski definition) is 1. The predicted molar refractivity (Wildman–Crippen MR) is 36.2 cm³/mol. The highest BCUT2D eigenvalue weighted by Crippen LogP contribution is 2.05. The largest absolute Gasteiger partial charge is 0.287 e. The first-order chi connectivity index (χ1) is 4.88. The maximum Gasteiger partial charge on any atom is 0.269 e. The van der Waals surface area contributed by atoms with Crippen LogP contribution in [0.4, 0.5) is 0 Å². The minimum atomic E-state index is -0.130. The zero-order valence-electron chi connectivity index (χ0n) is 5.16. The number of fused-ring (bicyclic) bond motifs is 1. The molecule has 4 heteroatoms. The number of nitrogens with one attached hydrogen (secondary N) is 1. The molecule has 50 valence electrons. The van der Waals surface area contributed by atoms with Crippen molar-refractivity contribution < 1.29 is 0 Å². The summed E-state index contributed by atoms with van der Waals surface area (Å²) in [5.74, 6) is 0. The van der Waals surface area contributed by atoms with Gasteiger partial charge in [0.2, 0.25) is 0 Å². The zero-order valence-corrected chi connectivity index (χ0v) is 5.16. The number of rotatable bonds is 0. The van der Waals surface area contributed by atoms with Gasteiger partial charge in [0, 0.05) is 11.8 Å². The molecule has 2 rings (SSSR count). The zero-order chi connectivity index (χ0) is 6.97. The minimum absolute atomic E-state index is 0.130. The van der Waals surface area contributed by atoms with Crippen molar-refractivity contribution in [2.75, 3.05) is 0 Å². The van der Waals surface area contributed by atoms with Crippen LogP contribution in [0.25, 0.3) is 0 Å². The minimum Gasteiger partial charge on any atom is -0.287 e. The maximum atomic E-state index is 10.9. The van der Waals surface area contributed by atoms with Crippen LogP contribution in [0, 0.1) is 0 Å². The number of nitrogens with zero attached hydrogens (tertiary/aromatic N) is 2. The van der Waals surface area contributed by atoms with Crippen molar-refractivity contribution in [2.45, 2.75) is 6.54 Å². The third-order valence-corrected chi connectivity index (χ3v) is 1.47. The summed E-state index contributed by atoms with van der Waals surface area (Å²) in [5.41, 5.74) is 1.42. The average molecular weight is 135 g/mol. The summed E-state index contributed by atoms with van der Waals surface area (Å²) in [4.78, 5) is 14.8. The standard InChI is InChI=1S/C6H5N3O/c10-6-5-3-7-1-4(5)2-8-9-6/h1-2H,3H2,(H,9,10). The fourth-order valence-corrected chi connectivity index (χ4v) is 0.947. The molecule has 1 aliphatic heterocycles. The summed E-state index contributed by atoms with van der Waals surface area (Å²) in [6.07, 6.45) is 3.27. The molecule has 0 amide bonds. The fourth-order valence-electron chi connectivity index (χ4n) is 0.947. The second-order valence-electron chi connectivity index (χ2n) is 2.10. The first-order valence-electron chi connectivity index (χ1n) is 2.94. The number of aromatic nitrogens is 2. The Kier molecular flexibility index (Phi) is 0.943. The van der Waals surface area contributed by atoms with Gasteiger partial charge in [-0.15, -0.1) is 0 Å². The van der Waals surface area contributed by atoms with Crippen LogP contribution in [-0.4, -0.2) is 16.4 Å². The second kappa shape index (κ2) is 1.76. The number of aliphatic imine (C=N–C) groups is 1. The van der Waals surface area contributed by atoms with Crippen molar-refractivity contribution in [1.29, 1.82) is 0 Å². The van der Waals surface area contributed by atoms with Crippen LogP contribution < -0.4 is 5.56 Å². The molecule has 4 nitrogen and oxygen atoms in total. The first-order valence-corrected chi connectivity index (χ1v) is 2.94. The highest BCUT2D eigenvalue weighted by molar-refractivity contribution is 5.83. The van der Waals surface area contributed by atoms with Crippen molar-refractivity contribution >= 4 is 6.21 Å². The summed E-state index contributed by atoms with van der Waals surface area (Å²) >= 11 is 0. The average Bonchev–Trinajstić information content (AvgIpc) is 2.36. The van der Waals surface area contributed by atoms with E-state index < -0.39 is 0 Å². The SMILES string of the molecule is O=c1[nH]ncc2c1CN=C2. The van der Waals surface area contributed by atoms with Crippen molar-refractivity contribution in [2.24, 2.45) is 4.99 Å². The molecule has 0 atom stereocenters. The van der Waals surface area contributed by atoms with Gasteiger partial charge in [-0.2, -0.15) is 5.10 Å². The van der Waals surface area contributed by atoms with Crippen molar-refractivity contribution in [3.63, 3.8) is 0 Å². The molecule has 0 saturated heterocycles. The summed E-state index contributed by atoms with van der Waals surface area (Å²) in [6.45, 7) is 0.493. The molecule has 1 N–H and O–H groups in total. The molecule has 0 unspecified atom stereocenters. The highest BCUT2D eigenvalue weighted by Gasteiger charge is 2.08. The van der Waals surface area contributed by atoms with E-state index in [2.05, 4.69) is 15.2 Å². The van der Waals surface area contributed by atoms with Gasteiger partial charge < -0.3 is 0 Å². The number of hydrogen-bond acceptors (Lipinski definition) is 3. The Balaban J connectivity index is 2.77. The van der Waals surface area contributed by atoms with E-state index >= 15 is 0 Å². The molecule has 0 radical (unpaired) electrons. The van der Waals surface area contributed by atoms with Gasteiger partial charge in [0.25, 0.3) is 5.56 Å². The van der Waals surface area contributed by atoms with Gasteiger partial charge in [-0.1, -0.05) is 0 Å². The molecular formula is C6H5N3O. The van der Waals surface area contributed by atoms with Gasteiger partial charge in [0.15, 0.2) is 0 Å². The van der Waals surface area contributed by atoms with Crippen LogP contribution >= 0.6 is 0 Å². The topological polar surface area (TPSA) is 58.1 Å². The van der Waals surface area contributed by atoms with E-state index in [0.29, 0.717) is 6.54 Å². The van der Waals surface area contributed by atoms with Gasteiger partial charge in [0.05, 0.1) is 18.3 Å². The predicted octanol–water partition coefficient (Wildman–Crippen LogP) is -0.298. The van der Waals surface area contributed by atoms with Crippen LogP contribution in [0.5, 0.6) is 0 Å². The molecule has 0 spiro atoms. The molecule has 0 saturated carbocycles. The summed E-state index contributed by atoms with van der Waals surface area (Å²) < 4.78 is 0. The van der Waals surface area contributed by atoms with Crippen molar-refractivity contribution in [3.05, 3.63) is 27.7 Å². The molecule has 0 aromatic carbocycles. The molecule has 0 fully saturated rings. The molecular weight excluding hydrogens is 130 g/mol. The Morgan fingerprint density at radius 3 is 3.30 bits per heavy atom. The van der Waals surface area contributed by atoms with Gasteiger partial charge in [-0.3, -0.25) is 9.79 Å². The van der Waals surface area contributed by atoms with Crippen molar-refractivity contribution in [1.82, 2.24) is 10.2 Å². The Bertz CT molecular complexity index is 339. The third kappa shape index (κ3) is 0.586. The summed E-state index contributed by atoms with van der Waals surface area (Å²) in [5, 5.41) is 5.97. The summed E-state index contributed by atoms with van der Waals surface area (Å²) in [6, 6.07) is 0. The van der Waals surface area contributed by atoms with Crippen molar-refractivity contribution in [3.8, 4) is 0 Å². The second-order valence-corrected chi connectivity index (χ2v) is 2.10. The Labute approximate surface area is 56.6 Å². The molecule has 10 heavy (non-hydrogen) atoms. The van der Waals surface area contributed by atoms with Crippen LogP contribution in [0.15, 0.2) is 16.0 Å². The van der Waals surface area contributed by atoms with Gasteiger partial charge in [0.1, 0.15) is 0 Å². The van der Waals surface area contributed by atoms with E-state index in [4.69, 9.17) is 0 Å². The molecule has 1 aromatic heterocycles. The highest BCUT2D eigenvalue weighted by atomic mass is 16.1.